The Morgan fingerprint density at radius 3 is 2.85 bits per heavy atom. The summed E-state index contributed by atoms with van der Waals surface area (Å²) in [4.78, 5) is 14.6. The van der Waals surface area contributed by atoms with Gasteiger partial charge in [-0.15, -0.1) is 0 Å². The summed E-state index contributed by atoms with van der Waals surface area (Å²) in [6, 6.07) is 14.5. The molecule has 4 aromatic rings. The maximum atomic E-state index is 6.30. The number of rotatable bonds is 7. The number of furan rings is 1. The molecule has 6 rings (SSSR count). The van der Waals surface area contributed by atoms with Crippen LogP contribution < -0.4 is 10.1 Å². The molecule has 0 radical (unpaired) electrons. The minimum absolute atomic E-state index is 0.203. The largest absolute Gasteiger partial charge is 0.492 e. The lowest BCUT2D eigenvalue weighted by atomic mass is 10.0. The monoisotopic (exact) mass is 457 g/mol. The van der Waals surface area contributed by atoms with Crippen LogP contribution in [0.3, 0.4) is 0 Å². The zero-order chi connectivity index (χ0) is 22.7. The maximum absolute atomic E-state index is 6.30. The van der Waals surface area contributed by atoms with Crippen molar-refractivity contribution in [1.82, 2.24) is 25.1 Å². The highest BCUT2D eigenvalue weighted by molar-refractivity contribution is 6.05. The number of nitrogens with one attached hydrogen (secondary N) is 1. The van der Waals surface area contributed by atoms with E-state index in [1.54, 1.807) is 0 Å². The topological polar surface area (TPSA) is 66.7 Å². The van der Waals surface area contributed by atoms with Crippen molar-refractivity contribution in [3.63, 3.8) is 0 Å². The number of benzene rings is 1. The molecule has 0 bridgehead atoms. The van der Waals surface area contributed by atoms with E-state index in [4.69, 9.17) is 19.1 Å². The standard InChI is InChI=1S/C27H31N5O2/c1-2-6-24-20(5-1)21-8-11-29-22(27(21)34-24)19-32(15-4-14-31-16-12-28-13-17-31)23-9-18-33-25-7-3-10-30-26(23)25/h1-3,5-8,10-11,23,28H,4,9,12-19H2/t23-/m0/s1. The number of hydrogen-bond acceptors (Lipinski definition) is 7. The number of aromatic nitrogens is 2. The molecule has 1 aromatic carbocycles. The molecular formula is C27H31N5O2. The lowest BCUT2D eigenvalue weighted by Crippen LogP contribution is -2.44. The Morgan fingerprint density at radius 2 is 1.91 bits per heavy atom. The Morgan fingerprint density at radius 1 is 1.00 bits per heavy atom. The molecule has 34 heavy (non-hydrogen) atoms. The van der Waals surface area contributed by atoms with E-state index < -0.39 is 0 Å². The fourth-order valence-electron chi connectivity index (χ4n) is 5.34. The van der Waals surface area contributed by atoms with Gasteiger partial charge in [-0.1, -0.05) is 18.2 Å². The number of pyridine rings is 2. The first-order valence-electron chi connectivity index (χ1n) is 12.4. The minimum atomic E-state index is 0.203. The molecule has 0 unspecified atom stereocenters. The summed E-state index contributed by atoms with van der Waals surface area (Å²) in [5.74, 6) is 0.903. The van der Waals surface area contributed by atoms with Gasteiger partial charge in [0.15, 0.2) is 5.58 Å². The van der Waals surface area contributed by atoms with Crippen molar-refractivity contribution in [1.29, 1.82) is 0 Å². The lowest BCUT2D eigenvalue weighted by molar-refractivity contribution is 0.119. The first kappa shape index (κ1) is 21.5. The number of nitrogens with zero attached hydrogens (tertiary/aromatic N) is 4. The zero-order valence-corrected chi connectivity index (χ0v) is 19.4. The second-order valence-corrected chi connectivity index (χ2v) is 9.19. The van der Waals surface area contributed by atoms with E-state index in [0.29, 0.717) is 6.61 Å². The summed E-state index contributed by atoms with van der Waals surface area (Å²) in [6.07, 6.45) is 5.82. The first-order valence-corrected chi connectivity index (χ1v) is 12.4. The van der Waals surface area contributed by atoms with Gasteiger partial charge in [0.1, 0.15) is 11.3 Å². The Bertz CT molecular complexity index is 1270. The van der Waals surface area contributed by atoms with Crippen molar-refractivity contribution in [2.75, 3.05) is 45.9 Å². The molecule has 7 nitrogen and oxygen atoms in total. The number of hydrogen-bond donors (Lipinski definition) is 1. The van der Waals surface area contributed by atoms with Gasteiger partial charge in [0.2, 0.25) is 0 Å². The molecule has 1 saturated heterocycles. The molecule has 1 fully saturated rings. The number of para-hydroxylation sites is 1. The van der Waals surface area contributed by atoms with Crippen molar-refractivity contribution < 1.29 is 9.15 Å². The average molecular weight is 458 g/mol. The maximum Gasteiger partial charge on any atom is 0.158 e. The van der Waals surface area contributed by atoms with E-state index in [1.807, 2.05) is 36.7 Å². The predicted molar refractivity (Wildman–Crippen MR) is 133 cm³/mol. The molecule has 176 valence electrons. The van der Waals surface area contributed by atoms with E-state index in [9.17, 15) is 0 Å². The highest BCUT2D eigenvalue weighted by atomic mass is 16.5. The van der Waals surface area contributed by atoms with Crippen molar-refractivity contribution in [3.8, 4) is 5.75 Å². The summed E-state index contributed by atoms with van der Waals surface area (Å²) in [6.45, 7) is 7.93. The molecule has 1 N–H and O–H groups in total. The Hall–Kier alpha value is -3.00. The second kappa shape index (κ2) is 9.70. The normalized spacial score (nSPS) is 18.9. The smallest absolute Gasteiger partial charge is 0.158 e. The summed E-state index contributed by atoms with van der Waals surface area (Å²) < 4.78 is 12.2. The highest BCUT2D eigenvalue weighted by Crippen LogP contribution is 2.36. The SMILES string of the molecule is c1cnc2c(c1)OCC[C@@H]2N(CCCN1CCNCC1)Cc1nccc2c1oc1ccccc12. The Balaban J connectivity index is 1.30. The fraction of sp³-hybridized carbons (Fsp3) is 0.407. The van der Waals surface area contributed by atoms with Gasteiger partial charge in [0.05, 0.1) is 24.0 Å². The molecular weight excluding hydrogens is 426 g/mol. The van der Waals surface area contributed by atoms with Gasteiger partial charge >= 0.3 is 0 Å². The van der Waals surface area contributed by atoms with Crippen molar-refractivity contribution >= 4 is 21.9 Å². The molecule has 0 amide bonds. The Kier molecular flexibility index (Phi) is 6.14. The van der Waals surface area contributed by atoms with Crippen molar-refractivity contribution in [2.24, 2.45) is 0 Å². The summed E-state index contributed by atoms with van der Waals surface area (Å²) in [5, 5.41) is 5.72. The number of fused-ring (bicyclic) bond motifs is 4. The van der Waals surface area contributed by atoms with E-state index in [0.717, 1.165) is 97.7 Å². The second-order valence-electron chi connectivity index (χ2n) is 9.19. The van der Waals surface area contributed by atoms with Crippen molar-refractivity contribution in [3.05, 3.63) is 66.2 Å². The van der Waals surface area contributed by atoms with Crippen LogP contribution in [-0.4, -0.2) is 65.6 Å². The minimum Gasteiger partial charge on any atom is -0.492 e. The fourth-order valence-corrected chi connectivity index (χ4v) is 5.34. The highest BCUT2D eigenvalue weighted by Gasteiger charge is 2.29. The van der Waals surface area contributed by atoms with Crippen LogP contribution in [0.25, 0.3) is 21.9 Å². The quantitative estimate of drug-likeness (QED) is 0.450. The summed E-state index contributed by atoms with van der Waals surface area (Å²) in [7, 11) is 0. The summed E-state index contributed by atoms with van der Waals surface area (Å²) in [5.41, 5.74) is 3.83. The molecule has 1 atom stereocenters. The van der Waals surface area contributed by atoms with Gasteiger partial charge < -0.3 is 19.4 Å². The molecule has 2 aliphatic rings. The van der Waals surface area contributed by atoms with Crippen molar-refractivity contribution in [2.45, 2.75) is 25.4 Å². The van der Waals surface area contributed by atoms with Gasteiger partial charge in [0.25, 0.3) is 0 Å². The molecule has 7 heteroatoms. The van der Waals surface area contributed by atoms with Crippen LogP contribution in [-0.2, 0) is 6.54 Å². The third-order valence-electron chi connectivity index (χ3n) is 7.05. The number of ether oxygens (including phenoxy) is 1. The molecule has 0 aliphatic carbocycles. The number of piperazine rings is 1. The van der Waals surface area contributed by atoms with Crippen LogP contribution >= 0.6 is 0 Å². The molecule has 0 spiro atoms. The van der Waals surface area contributed by atoms with E-state index in [1.165, 1.54) is 0 Å². The van der Waals surface area contributed by atoms with Crippen LogP contribution in [0.4, 0.5) is 0 Å². The van der Waals surface area contributed by atoms with E-state index in [2.05, 4.69) is 33.3 Å². The summed E-state index contributed by atoms with van der Waals surface area (Å²) >= 11 is 0. The van der Waals surface area contributed by atoms with Crippen LogP contribution in [0.2, 0.25) is 0 Å². The molecule has 5 heterocycles. The van der Waals surface area contributed by atoms with E-state index in [-0.39, 0.29) is 6.04 Å². The van der Waals surface area contributed by atoms with Gasteiger partial charge in [-0.25, -0.2) is 0 Å². The Labute approximate surface area is 199 Å². The van der Waals surface area contributed by atoms with Crippen LogP contribution in [0.1, 0.15) is 30.3 Å². The third kappa shape index (κ3) is 4.27. The average Bonchev–Trinajstić information content (AvgIpc) is 3.28. The molecule has 3 aromatic heterocycles. The van der Waals surface area contributed by atoms with Gasteiger partial charge in [-0.2, -0.15) is 0 Å². The van der Waals surface area contributed by atoms with Crippen LogP contribution in [0, 0.1) is 0 Å². The van der Waals surface area contributed by atoms with Gasteiger partial charge in [0, 0.05) is 68.9 Å². The van der Waals surface area contributed by atoms with Gasteiger partial charge in [-0.05, 0) is 37.2 Å². The third-order valence-corrected chi connectivity index (χ3v) is 7.05. The van der Waals surface area contributed by atoms with Gasteiger partial charge in [-0.3, -0.25) is 14.9 Å². The lowest BCUT2D eigenvalue weighted by Gasteiger charge is -2.35. The van der Waals surface area contributed by atoms with Crippen LogP contribution in [0.15, 0.2) is 59.3 Å². The first-order chi connectivity index (χ1) is 16.9. The van der Waals surface area contributed by atoms with Crippen LogP contribution in [0.5, 0.6) is 5.75 Å². The zero-order valence-electron chi connectivity index (χ0n) is 19.4. The van der Waals surface area contributed by atoms with E-state index >= 15 is 0 Å². The molecule has 0 saturated carbocycles. The predicted octanol–water partition coefficient (Wildman–Crippen LogP) is 4.00. The molecule has 2 aliphatic heterocycles.